The normalized spacial score (nSPS) is 14.2. The minimum Gasteiger partial charge on any atom is -0.350 e. The van der Waals surface area contributed by atoms with E-state index in [0.29, 0.717) is 0 Å². The van der Waals surface area contributed by atoms with Crippen molar-refractivity contribution < 1.29 is 4.79 Å². The first kappa shape index (κ1) is 23.3. The first-order valence-electron chi connectivity index (χ1n) is 11.4. The topological polar surface area (TPSA) is 42.0 Å². The van der Waals surface area contributed by atoms with Gasteiger partial charge in [-0.2, -0.15) is 0 Å². The smallest absolute Gasteiger partial charge is 0.244 e. The predicted molar refractivity (Wildman–Crippen MR) is 130 cm³/mol. The molecule has 1 aliphatic rings. The van der Waals surface area contributed by atoms with Crippen LogP contribution in [-0.4, -0.2) is 16.9 Å². The van der Waals surface area contributed by atoms with Gasteiger partial charge in [0.1, 0.15) is 0 Å². The molecule has 1 aliphatic carbocycles. The van der Waals surface area contributed by atoms with E-state index in [-0.39, 0.29) is 11.9 Å². The predicted octanol–water partition coefficient (Wildman–Crippen LogP) is 6.71. The van der Waals surface area contributed by atoms with Gasteiger partial charge in [-0.05, 0) is 91.5 Å². The highest BCUT2D eigenvalue weighted by Gasteiger charge is 2.20. The molecule has 1 amide bonds. The van der Waals surface area contributed by atoms with Gasteiger partial charge in [0.2, 0.25) is 5.91 Å². The molecule has 3 rings (SSSR count). The number of amides is 1. The molecule has 1 aromatic heterocycles. The standard InChI is InChI=1S/C27H33ClN2O/c1-3-4-5-11-25-22(17-23-18-24(28)13-14-26(23)25)12-15-27(31)30-20(2)8-6-9-21-10-7-16-29-19-21/h7,10,12-16,18-20H,3-6,8-9,11,17H2,1-2H3,(H,30,31)/b15-12+/t20-/m1/s1. The van der Waals surface area contributed by atoms with E-state index in [2.05, 4.69) is 42.3 Å². The summed E-state index contributed by atoms with van der Waals surface area (Å²) in [6.07, 6.45) is 15.9. The Morgan fingerprint density at radius 1 is 1.23 bits per heavy atom. The summed E-state index contributed by atoms with van der Waals surface area (Å²) in [5.74, 6) is -0.0247. The molecule has 0 fully saturated rings. The van der Waals surface area contributed by atoms with Crippen molar-refractivity contribution >= 4 is 23.1 Å². The largest absolute Gasteiger partial charge is 0.350 e. The summed E-state index contributed by atoms with van der Waals surface area (Å²) in [6, 6.07) is 10.4. The first-order chi connectivity index (χ1) is 15.1. The van der Waals surface area contributed by atoms with Crippen molar-refractivity contribution in [1.82, 2.24) is 10.3 Å². The maximum atomic E-state index is 12.5. The van der Waals surface area contributed by atoms with E-state index < -0.39 is 0 Å². The Bertz CT molecular complexity index is 934. The fourth-order valence-corrected chi connectivity index (χ4v) is 4.39. The van der Waals surface area contributed by atoms with Crippen molar-refractivity contribution in [3.8, 4) is 0 Å². The number of carbonyl (C=O) groups excluding carboxylic acids is 1. The lowest BCUT2D eigenvalue weighted by Crippen LogP contribution is -2.31. The van der Waals surface area contributed by atoms with Gasteiger partial charge < -0.3 is 5.32 Å². The van der Waals surface area contributed by atoms with Crippen LogP contribution in [-0.2, 0) is 17.6 Å². The van der Waals surface area contributed by atoms with Crippen LogP contribution in [0.15, 0.2) is 60.5 Å². The van der Waals surface area contributed by atoms with Gasteiger partial charge in [0.25, 0.3) is 0 Å². The number of rotatable bonds is 11. The monoisotopic (exact) mass is 436 g/mol. The number of halogens is 1. The molecule has 0 saturated carbocycles. The number of allylic oxidation sites excluding steroid dienone is 3. The third kappa shape index (κ3) is 7.07. The molecule has 31 heavy (non-hydrogen) atoms. The van der Waals surface area contributed by atoms with Crippen LogP contribution in [0.1, 0.15) is 69.1 Å². The Morgan fingerprint density at radius 3 is 2.87 bits per heavy atom. The number of hydrogen-bond donors (Lipinski definition) is 1. The van der Waals surface area contributed by atoms with Crippen molar-refractivity contribution in [2.45, 2.75) is 71.3 Å². The third-order valence-electron chi connectivity index (χ3n) is 5.84. The number of unbranched alkanes of at least 4 members (excludes halogenated alkanes) is 2. The van der Waals surface area contributed by atoms with Crippen LogP contribution in [0.4, 0.5) is 0 Å². The molecular weight excluding hydrogens is 404 g/mol. The van der Waals surface area contributed by atoms with Crippen LogP contribution in [0.25, 0.3) is 5.57 Å². The van der Waals surface area contributed by atoms with Crippen molar-refractivity contribution in [3.05, 3.63) is 82.2 Å². The van der Waals surface area contributed by atoms with Crippen LogP contribution in [0.2, 0.25) is 5.02 Å². The molecule has 2 aromatic rings. The van der Waals surface area contributed by atoms with Gasteiger partial charge >= 0.3 is 0 Å². The maximum Gasteiger partial charge on any atom is 0.244 e. The fourth-order valence-electron chi connectivity index (χ4n) is 4.19. The van der Waals surface area contributed by atoms with Crippen molar-refractivity contribution in [3.63, 3.8) is 0 Å². The van der Waals surface area contributed by atoms with E-state index in [1.807, 2.05) is 24.4 Å². The van der Waals surface area contributed by atoms with Gasteiger partial charge in [0.05, 0.1) is 0 Å². The summed E-state index contributed by atoms with van der Waals surface area (Å²) in [4.78, 5) is 16.6. The zero-order chi connectivity index (χ0) is 22.1. The third-order valence-corrected chi connectivity index (χ3v) is 6.08. The van der Waals surface area contributed by atoms with Gasteiger partial charge in [0.15, 0.2) is 0 Å². The van der Waals surface area contributed by atoms with Crippen LogP contribution < -0.4 is 5.32 Å². The fraction of sp³-hybridized carbons (Fsp3) is 0.407. The Hall–Kier alpha value is -2.39. The SMILES string of the molecule is CCCCCC1=C(/C=C/C(=O)N[C@H](C)CCCc2cccnc2)Cc2cc(Cl)ccc21. The van der Waals surface area contributed by atoms with E-state index in [1.54, 1.807) is 12.3 Å². The Labute approximate surface area is 191 Å². The van der Waals surface area contributed by atoms with Crippen molar-refractivity contribution in [1.29, 1.82) is 0 Å². The second-order valence-corrected chi connectivity index (χ2v) is 8.87. The van der Waals surface area contributed by atoms with E-state index in [4.69, 9.17) is 11.6 Å². The summed E-state index contributed by atoms with van der Waals surface area (Å²) in [5, 5.41) is 3.88. The molecule has 4 heteroatoms. The van der Waals surface area contributed by atoms with Gasteiger partial charge in [-0.25, -0.2) is 0 Å². The summed E-state index contributed by atoms with van der Waals surface area (Å²) in [7, 11) is 0. The summed E-state index contributed by atoms with van der Waals surface area (Å²) in [6.45, 7) is 4.29. The number of hydrogen-bond acceptors (Lipinski definition) is 2. The molecule has 0 radical (unpaired) electrons. The number of carbonyl (C=O) groups is 1. The zero-order valence-corrected chi connectivity index (χ0v) is 19.4. The van der Waals surface area contributed by atoms with E-state index in [9.17, 15) is 4.79 Å². The summed E-state index contributed by atoms with van der Waals surface area (Å²) < 4.78 is 0. The number of pyridine rings is 1. The van der Waals surface area contributed by atoms with Crippen LogP contribution in [0.3, 0.4) is 0 Å². The minimum absolute atomic E-state index is 0.0247. The van der Waals surface area contributed by atoms with E-state index in [1.165, 1.54) is 47.1 Å². The van der Waals surface area contributed by atoms with E-state index in [0.717, 1.165) is 37.1 Å². The molecule has 1 aromatic carbocycles. The quantitative estimate of drug-likeness (QED) is 0.314. The number of benzene rings is 1. The van der Waals surface area contributed by atoms with Crippen LogP contribution in [0.5, 0.6) is 0 Å². The lowest BCUT2D eigenvalue weighted by Gasteiger charge is -2.12. The highest BCUT2D eigenvalue weighted by molar-refractivity contribution is 6.30. The molecule has 0 spiro atoms. The lowest BCUT2D eigenvalue weighted by molar-refractivity contribution is -0.117. The molecular formula is C27H33ClN2O. The molecule has 0 bridgehead atoms. The second-order valence-electron chi connectivity index (χ2n) is 8.44. The molecule has 1 N–H and O–H groups in total. The Morgan fingerprint density at radius 2 is 2.10 bits per heavy atom. The van der Waals surface area contributed by atoms with Gasteiger partial charge in [-0.3, -0.25) is 9.78 Å². The summed E-state index contributed by atoms with van der Waals surface area (Å²) in [5.41, 5.74) is 6.41. The molecule has 0 saturated heterocycles. The molecule has 164 valence electrons. The zero-order valence-electron chi connectivity index (χ0n) is 18.7. The molecule has 1 heterocycles. The van der Waals surface area contributed by atoms with Crippen molar-refractivity contribution in [2.75, 3.05) is 0 Å². The number of nitrogens with zero attached hydrogens (tertiary/aromatic N) is 1. The highest BCUT2D eigenvalue weighted by atomic mass is 35.5. The maximum absolute atomic E-state index is 12.5. The number of aryl methyl sites for hydroxylation is 1. The summed E-state index contributed by atoms with van der Waals surface area (Å²) >= 11 is 6.21. The van der Waals surface area contributed by atoms with Gasteiger partial charge in [-0.1, -0.05) is 49.6 Å². The van der Waals surface area contributed by atoms with Gasteiger partial charge in [0, 0.05) is 29.5 Å². The highest BCUT2D eigenvalue weighted by Crippen LogP contribution is 2.38. The lowest BCUT2D eigenvalue weighted by atomic mass is 9.99. The molecule has 0 unspecified atom stereocenters. The average Bonchev–Trinajstić information content (AvgIpc) is 3.09. The number of aromatic nitrogens is 1. The van der Waals surface area contributed by atoms with Crippen LogP contribution >= 0.6 is 11.6 Å². The number of nitrogens with one attached hydrogen (secondary N) is 1. The minimum atomic E-state index is -0.0247. The molecule has 1 atom stereocenters. The van der Waals surface area contributed by atoms with Gasteiger partial charge in [-0.15, -0.1) is 0 Å². The van der Waals surface area contributed by atoms with Crippen molar-refractivity contribution in [2.24, 2.45) is 0 Å². The Balaban J connectivity index is 1.55. The first-order valence-corrected chi connectivity index (χ1v) is 11.8. The molecule has 0 aliphatic heterocycles. The molecule has 3 nitrogen and oxygen atoms in total. The van der Waals surface area contributed by atoms with E-state index >= 15 is 0 Å². The second kappa shape index (κ2) is 11.9. The average molecular weight is 437 g/mol. The Kier molecular flexibility index (Phi) is 8.90. The van der Waals surface area contributed by atoms with Crippen LogP contribution in [0, 0.1) is 0 Å². The number of fused-ring (bicyclic) bond motifs is 1.